The Labute approximate surface area is 121 Å². The smallest absolute Gasteiger partial charge is 0.215 e. The van der Waals surface area contributed by atoms with Crippen molar-refractivity contribution in [2.75, 3.05) is 18.1 Å². The molecule has 0 saturated carbocycles. The van der Waals surface area contributed by atoms with Gasteiger partial charge < -0.3 is 10.5 Å². The first kappa shape index (κ1) is 16.8. The fourth-order valence-corrected chi connectivity index (χ4v) is 2.69. The van der Waals surface area contributed by atoms with E-state index >= 15 is 0 Å². The Balaban J connectivity index is 2.48. The van der Waals surface area contributed by atoms with E-state index in [0.717, 1.165) is 0 Å². The summed E-state index contributed by atoms with van der Waals surface area (Å²) in [5.41, 5.74) is 6.08. The number of hydrogen-bond acceptors (Lipinski definition) is 4. The van der Waals surface area contributed by atoms with Gasteiger partial charge in [-0.05, 0) is 24.5 Å². The van der Waals surface area contributed by atoms with Crippen LogP contribution in [0, 0.1) is 5.41 Å². The number of anilines is 1. The van der Waals surface area contributed by atoms with Gasteiger partial charge in [-0.2, -0.15) is 0 Å². The molecule has 114 valence electrons. The van der Waals surface area contributed by atoms with Gasteiger partial charge in [0.05, 0.1) is 5.75 Å². The molecule has 1 aromatic rings. The van der Waals surface area contributed by atoms with Gasteiger partial charge in [-0.25, -0.2) is 13.1 Å². The molecule has 0 saturated heterocycles. The van der Waals surface area contributed by atoms with E-state index in [4.69, 9.17) is 10.5 Å². The molecule has 3 N–H and O–H groups in total. The zero-order valence-corrected chi connectivity index (χ0v) is 13.3. The van der Waals surface area contributed by atoms with Crippen LogP contribution >= 0.6 is 0 Å². The van der Waals surface area contributed by atoms with Crippen molar-refractivity contribution in [2.45, 2.75) is 33.7 Å². The van der Waals surface area contributed by atoms with Gasteiger partial charge in [0, 0.05) is 17.8 Å². The summed E-state index contributed by atoms with van der Waals surface area (Å²) >= 11 is 0. The van der Waals surface area contributed by atoms with Gasteiger partial charge in [-0.15, -0.1) is 0 Å². The van der Waals surface area contributed by atoms with Crippen LogP contribution in [0.1, 0.15) is 27.7 Å². The summed E-state index contributed by atoms with van der Waals surface area (Å²) in [6.45, 7) is 7.92. The maximum Gasteiger partial charge on any atom is 0.215 e. The maximum absolute atomic E-state index is 11.9. The highest BCUT2D eigenvalue weighted by Gasteiger charge is 2.24. The Morgan fingerprint density at radius 3 is 2.55 bits per heavy atom. The van der Waals surface area contributed by atoms with Crippen molar-refractivity contribution in [3.05, 3.63) is 24.3 Å². The summed E-state index contributed by atoms with van der Waals surface area (Å²) < 4.78 is 31.9. The molecule has 0 aromatic heterocycles. The Hall–Kier alpha value is -1.27. The van der Waals surface area contributed by atoms with Crippen molar-refractivity contribution in [1.29, 1.82) is 0 Å². The zero-order valence-electron chi connectivity index (χ0n) is 12.5. The maximum atomic E-state index is 11.9. The summed E-state index contributed by atoms with van der Waals surface area (Å²) in [6, 6.07) is 6.78. The van der Waals surface area contributed by atoms with Gasteiger partial charge >= 0.3 is 0 Å². The second kappa shape index (κ2) is 6.45. The van der Waals surface area contributed by atoms with Crippen LogP contribution in [0.25, 0.3) is 0 Å². The number of nitrogens with one attached hydrogen (secondary N) is 1. The van der Waals surface area contributed by atoms with E-state index in [0.29, 0.717) is 11.4 Å². The highest BCUT2D eigenvalue weighted by atomic mass is 32.2. The van der Waals surface area contributed by atoms with Gasteiger partial charge in [0.1, 0.15) is 12.4 Å². The number of ether oxygens (including phenoxy) is 1. The van der Waals surface area contributed by atoms with E-state index in [-0.39, 0.29) is 23.8 Å². The largest absolute Gasteiger partial charge is 0.492 e. The molecule has 0 fully saturated rings. The van der Waals surface area contributed by atoms with Crippen LogP contribution in [-0.4, -0.2) is 26.8 Å². The third kappa shape index (κ3) is 5.79. The van der Waals surface area contributed by atoms with E-state index in [1.165, 1.54) is 0 Å². The van der Waals surface area contributed by atoms with Crippen molar-refractivity contribution in [1.82, 2.24) is 4.72 Å². The number of benzene rings is 1. The second-order valence-electron chi connectivity index (χ2n) is 5.95. The summed E-state index contributed by atoms with van der Waals surface area (Å²) in [4.78, 5) is 0. The van der Waals surface area contributed by atoms with Crippen LogP contribution in [0.5, 0.6) is 5.75 Å². The lowest BCUT2D eigenvalue weighted by molar-refractivity contribution is 0.313. The van der Waals surface area contributed by atoms with Crippen molar-refractivity contribution >= 4 is 15.7 Å². The van der Waals surface area contributed by atoms with Gasteiger partial charge in [0.15, 0.2) is 0 Å². The molecule has 0 heterocycles. The topological polar surface area (TPSA) is 81.4 Å². The molecule has 0 aliphatic carbocycles. The van der Waals surface area contributed by atoms with Crippen LogP contribution in [0.3, 0.4) is 0 Å². The molecule has 0 aliphatic rings. The number of sulfonamides is 1. The van der Waals surface area contributed by atoms with Crippen LogP contribution in [0.15, 0.2) is 24.3 Å². The monoisotopic (exact) mass is 300 g/mol. The molecule has 1 rings (SSSR count). The molecule has 20 heavy (non-hydrogen) atoms. The molecular weight excluding hydrogens is 276 g/mol. The number of hydrogen-bond donors (Lipinski definition) is 2. The van der Waals surface area contributed by atoms with Gasteiger partial charge in [-0.1, -0.05) is 26.8 Å². The SMILES string of the molecule is CC(NS(=O)(=O)CCOc1cccc(N)c1)C(C)(C)C. The van der Waals surface area contributed by atoms with E-state index in [2.05, 4.69) is 4.72 Å². The predicted molar refractivity (Wildman–Crippen MR) is 82.2 cm³/mol. The summed E-state index contributed by atoms with van der Waals surface area (Å²) in [5, 5.41) is 0. The molecule has 6 heteroatoms. The first-order chi connectivity index (χ1) is 9.10. The van der Waals surface area contributed by atoms with Crippen LogP contribution < -0.4 is 15.2 Å². The minimum Gasteiger partial charge on any atom is -0.492 e. The summed E-state index contributed by atoms with van der Waals surface area (Å²) in [6.07, 6.45) is 0. The minimum absolute atomic E-state index is 0.0811. The lowest BCUT2D eigenvalue weighted by Crippen LogP contribution is -2.43. The Morgan fingerprint density at radius 2 is 2.00 bits per heavy atom. The quantitative estimate of drug-likeness (QED) is 0.787. The fraction of sp³-hybridized carbons (Fsp3) is 0.571. The molecule has 5 nitrogen and oxygen atoms in total. The van der Waals surface area contributed by atoms with Crippen LogP contribution in [0.4, 0.5) is 5.69 Å². The third-order valence-corrected chi connectivity index (χ3v) is 4.55. The van der Waals surface area contributed by atoms with E-state index in [1.54, 1.807) is 24.3 Å². The predicted octanol–water partition coefficient (Wildman–Crippen LogP) is 2.00. The highest BCUT2D eigenvalue weighted by molar-refractivity contribution is 7.89. The lowest BCUT2D eigenvalue weighted by atomic mass is 9.89. The standard InChI is InChI=1S/C14H24N2O3S/c1-11(14(2,3)4)16-20(17,18)9-8-19-13-7-5-6-12(15)10-13/h5-7,10-11,16H,8-9,15H2,1-4H3. The first-order valence-corrected chi connectivity index (χ1v) is 8.24. The number of rotatable bonds is 6. The van der Waals surface area contributed by atoms with Gasteiger partial charge in [0.2, 0.25) is 10.0 Å². The first-order valence-electron chi connectivity index (χ1n) is 6.58. The third-order valence-electron chi connectivity index (χ3n) is 3.13. The molecule has 0 spiro atoms. The average molecular weight is 300 g/mol. The molecule has 0 amide bonds. The normalized spacial score (nSPS) is 14.0. The Morgan fingerprint density at radius 1 is 1.35 bits per heavy atom. The number of nitrogens with two attached hydrogens (primary N) is 1. The fourth-order valence-electron chi connectivity index (χ4n) is 1.38. The molecule has 1 atom stereocenters. The minimum atomic E-state index is -3.35. The van der Waals surface area contributed by atoms with Crippen molar-refractivity contribution < 1.29 is 13.2 Å². The second-order valence-corrected chi connectivity index (χ2v) is 7.82. The average Bonchev–Trinajstić information content (AvgIpc) is 2.26. The Kier molecular flexibility index (Phi) is 5.42. The van der Waals surface area contributed by atoms with E-state index in [9.17, 15) is 8.42 Å². The molecule has 0 bridgehead atoms. The lowest BCUT2D eigenvalue weighted by Gasteiger charge is -2.27. The summed E-state index contributed by atoms with van der Waals surface area (Å²) in [5.74, 6) is 0.492. The van der Waals surface area contributed by atoms with Crippen molar-refractivity contribution in [3.63, 3.8) is 0 Å². The number of nitrogen functional groups attached to an aromatic ring is 1. The van der Waals surface area contributed by atoms with Crippen LogP contribution in [0.2, 0.25) is 0 Å². The van der Waals surface area contributed by atoms with Crippen molar-refractivity contribution in [2.24, 2.45) is 5.41 Å². The van der Waals surface area contributed by atoms with E-state index in [1.807, 2.05) is 27.7 Å². The van der Waals surface area contributed by atoms with E-state index < -0.39 is 10.0 Å². The summed E-state index contributed by atoms with van der Waals surface area (Å²) in [7, 11) is -3.35. The Bertz CT molecular complexity index is 536. The zero-order chi connectivity index (χ0) is 15.4. The molecule has 0 aliphatic heterocycles. The van der Waals surface area contributed by atoms with Crippen molar-refractivity contribution in [3.8, 4) is 5.75 Å². The molecular formula is C14H24N2O3S. The molecule has 0 radical (unpaired) electrons. The van der Waals surface area contributed by atoms with Gasteiger partial charge in [0.25, 0.3) is 0 Å². The van der Waals surface area contributed by atoms with Crippen LogP contribution in [-0.2, 0) is 10.0 Å². The molecule has 1 unspecified atom stereocenters. The van der Waals surface area contributed by atoms with Gasteiger partial charge in [-0.3, -0.25) is 0 Å². The highest BCUT2D eigenvalue weighted by Crippen LogP contribution is 2.19. The molecule has 1 aromatic carbocycles.